The number of aromatic nitrogens is 3. The van der Waals surface area contributed by atoms with Gasteiger partial charge in [-0.15, -0.1) is 11.3 Å². The van der Waals surface area contributed by atoms with Gasteiger partial charge in [-0.25, -0.2) is 9.97 Å². The van der Waals surface area contributed by atoms with Gasteiger partial charge >= 0.3 is 0 Å². The molecule has 0 bridgehead atoms. The molecule has 0 atom stereocenters. The summed E-state index contributed by atoms with van der Waals surface area (Å²) in [5, 5.41) is 1.91. The van der Waals surface area contributed by atoms with Crippen molar-refractivity contribution in [3.05, 3.63) is 114 Å². The van der Waals surface area contributed by atoms with Crippen LogP contribution in [-0.2, 0) is 0 Å². The van der Waals surface area contributed by atoms with Crippen molar-refractivity contribution in [3.8, 4) is 28.3 Å². The summed E-state index contributed by atoms with van der Waals surface area (Å²) in [7, 11) is 0. The lowest BCUT2D eigenvalue weighted by molar-refractivity contribution is 1.11. The third kappa shape index (κ3) is 3.19. The van der Waals surface area contributed by atoms with E-state index in [2.05, 4.69) is 28.8 Å². The van der Waals surface area contributed by atoms with Crippen molar-refractivity contribution in [2.75, 3.05) is 0 Å². The Bertz CT molecular complexity index is 2090. The Balaban J connectivity index is 1.48. The smallest absolute Gasteiger partial charge is 0.147 e. The second-order valence-electron chi connectivity index (χ2n) is 8.66. The Hall–Kier alpha value is -4.28. The number of nitrogens with zero attached hydrogens (tertiary/aromatic N) is 3. The first-order chi connectivity index (χ1) is 20.1. The average Bonchev–Trinajstić information content (AvgIpc) is 3.54. The topological polar surface area (TPSA) is 30.7 Å². The molecule has 7 aromatic rings. The Morgan fingerprint density at radius 1 is 0.694 bits per heavy atom. The van der Waals surface area contributed by atoms with Crippen LogP contribution in [0.2, 0.25) is 0 Å². The number of benzene rings is 4. The average molecular weight is 488 g/mol. The number of rotatable bonds is 3. The Labute approximate surface area is 221 Å². The fraction of sp³-hybridized carbons (Fsp3) is 0.0625. The van der Waals surface area contributed by atoms with E-state index in [0.29, 0.717) is 10.5 Å². The van der Waals surface area contributed by atoms with E-state index in [1.54, 1.807) is 6.07 Å². The van der Waals surface area contributed by atoms with Gasteiger partial charge in [0.15, 0.2) is 0 Å². The Kier molecular flexibility index (Phi) is 3.54. The van der Waals surface area contributed by atoms with Crippen LogP contribution < -0.4 is 0 Å². The van der Waals surface area contributed by atoms with Gasteiger partial charge < -0.3 is 0 Å². The van der Waals surface area contributed by atoms with E-state index in [1.165, 1.54) is 29.5 Å². The molecular formula is C32H23N3S. The summed E-state index contributed by atoms with van der Waals surface area (Å²) in [6.45, 7) is -5.01. The highest BCUT2D eigenvalue weighted by Gasteiger charge is 2.19. The highest BCUT2D eigenvalue weighted by atomic mass is 32.1. The van der Waals surface area contributed by atoms with Crippen LogP contribution in [0.4, 0.5) is 0 Å². The first-order valence-corrected chi connectivity index (χ1v) is 12.4. The van der Waals surface area contributed by atoms with Crippen LogP contribution in [0.3, 0.4) is 0 Å². The fourth-order valence-corrected chi connectivity index (χ4v) is 6.05. The number of aryl methyl sites for hydroxylation is 2. The van der Waals surface area contributed by atoms with E-state index in [4.69, 9.17) is 18.2 Å². The van der Waals surface area contributed by atoms with Crippen molar-refractivity contribution in [2.24, 2.45) is 0 Å². The second-order valence-corrected chi connectivity index (χ2v) is 9.66. The molecule has 0 aliphatic rings. The summed E-state index contributed by atoms with van der Waals surface area (Å²) >= 11 is 1.49. The summed E-state index contributed by atoms with van der Waals surface area (Å²) in [6, 6.07) is 32.3. The molecule has 7 rings (SSSR count). The van der Waals surface area contributed by atoms with Crippen LogP contribution in [0.5, 0.6) is 0 Å². The third-order valence-corrected chi connectivity index (χ3v) is 7.65. The highest BCUT2D eigenvalue weighted by Crippen LogP contribution is 2.41. The maximum absolute atomic E-state index is 8.09. The van der Waals surface area contributed by atoms with Crippen molar-refractivity contribution < 1.29 is 8.22 Å². The number of imidazole rings is 1. The predicted molar refractivity (Wildman–Crippen MR) is 152 cm³/mol. The van der Waals surface area contributed by atoms with Gasteiger partial charge in [-0.3, -0.25) is 4.57 Å². The maximum atomic E-state index is 8.09. The summed E-state index contributed by atoms with van der Waals surface area (Å²) in [5.41, 5.74) is 4.24. The maximum Gasteiger partial charge on any atom is 0.147 e. The van der Waals surface area contributed by atoms with Crippen molar-refractivity contribution in [2.45, 2.75) is 13.7 Å². The van der Waals surface area contributed by atoms with Crippen LogP contribution in [0.15, 0.2) is 103 Å². The zero-order valence-electron chi connectivity index (χ0n) is 25.1. The molecule has 0 unspecified atom stereocenters. The molecule has 3 heterocycles. The van der Waals surface area contributed by atoms with Crippen LogP contribution >= 0.6 is 11.3 Å². The van der Waals surface area contributed by atoms with Crippen LogP contribution in [0, 0.1) is 13.7 Å². The Morgan fingerprint density at radius 2 is 1.47 bits per heavy atom. The molecule has 4 aromatic carbocycles. The number of hydrogen-bond acceptors (Lipinski definition) is 3. The quantitative estimate of drug-likeness (QED) is 0.249. The number of hydrogen-bond donors (Lipinski definition) is 0. The van der Waals surface area contributed by atoms with Crippen molar-refractivity contribution in [1.29, 1.82) is 0 Å². The third-order valence-electron chi connectivity index (χ3n) is 6.50. The van der Waals surface area contributed by atoms with Gasteiger partial charge in [0.2, 0.25) is 0 Å². The monoisotopic (exact) mass is 487 g/mol. The Morgan fingerprint density at radius 3 is 2.31 bits per heavy atom. The zero-order valence-corrected chi connectivity index (χ0v) is 19.9. The van der Waals surface area contributed by atoms with Gasteiger partial charge in [0, 0.05) is 40.5 Å². The van der Waals surface area contributed by atoms with E-state index in [1.807, 2.05) is 54.6 Å². The first kappa shape index (κ1) is 15.7. The molecule has 4 heteroatoms. The van der Waals surface area contributed by atoms with E-state index in [0.717, 1.165) is 43.6 Å². The van der Waals surface area contributed by atoms with Gasteiger partial charge in [0.25, 0.3) is 0 Å². The van der Waals surface area contributed by atoms with Gasteiger partial charge in [-0.1, -0.05) is 60.7 Å². The van der Waals surface area contributed by atoms with Crippen LogP contribution in [0.25, 0.3) is 59.7 Å². The van der Waals surface area contributed by atoms with Gasteiger partial charge in [-0.2, -0.15) is 0 Å². The predicted octanol–water partition coefficient (Wildman–Crippen LogP) is 8.74. The molecule has 172 valence electrons. The zero-order chi connectivity index (χ0) is 29.2. The first-order valence-electron chi connectivity index (χ1n) is 14.6. The molecule has 0 fully saturated rings. The summed E-state index contributed by atoms with van der Waals surface area (Å²) in [4.78, 5) is 10.6. The second kappa shape index (κ2) is 8.14. The normalized spacial score (nSPS) is 14.8. The van der Waals surface area contributed by atoms with Crippen LogP contribution in [0.1, 0.15) is 19.4 Å². The molecule has 0 N–H and O–H groups in total. The highest BCUT2D eigenvalue weighted by molar-refractivity contribution is 7.26. The molecule has 3 aromatic heterocycles. The standard InChI is InChI=1S/C32H23N3S/c1-20-10-8-11-21(2)29(20)27-19-18-24-23-14-9-15-25(30(23)36-32(24)34-27)31-33-26-16-6-7-17-28(26)35(31)22-12-4-3-5-13-22/h3-19H,1-2H3/i1D3,2D3. The molecule has 0 radical (unpaired) electrons. The van der Waals surface area contributed by atoms with Gasteiger partial charge in [0.05, 0.1) is 16.7 Å². The minimum absolute atomic E-state index is 0.0265. The van der Waals surface area contributed by atoms with E-state index >= 15 is 0 Å². The largest absolute Gasteiger partial charge is 0.292 e. The summed E-state index contributed by atoms with van der Waals surface area (Å²) in [6.07, 6.45) is 0. The van der Waals surface area contributed by atoms with Crippen LogP contribution in [-0.4, -0.2) is 14.5 Å². The molecule has 0 spiro atoms. The molecule has 0 amide bonds. The van der Waals surface area contributed by atoms with Crippen molar-refractivity contribution in [1.82, 2.24) is 14.5 Å². The minimum Gasteiger partial charge on any atom is -0.292 e. The molecule has 0 aliphatic carbocycles. The lowest BCUT2D eigenvalue weighted by atomic mass is 9.99. The van der Waals surface area contributed by atoms with E-state index < -0.39 is 13.7 Å². The van der Waals surface area contributed by atoms with Crippen molar-refractivity contribution >= 4 is 42.7 Å². The molecule has 36 heavy (non-hydrogen) atoms. The fourth-order valence-electron chi connectivity index (χ4n) is 4.87. The molecular weight excluding hydrogens is 458 g/mol. The van der Waals surface area contributed by atoms with Gasteiger partial charge in [-0.05, 0) is 67.3 Å². The minimum atomic E-state index is -2.50. The van der Waals surface area contributed by atoms with Crippen molar-refractivity contribution in [3.63, 3.8) is 0 Å². The molecule has 3 nitrogen and oxygen atoms in total. The van der Waals surface area contributed by atoms with Gasteiger partial charge in [0.1, 0.15) is 10.7 Å². The molecule has 0 saturated heterocycles. The summed E-state index contributed by atoms with van der Waals surface area (Å²) < 4.78 is 51.7. The number of pyridine rings is 1. The number of fused-ring (bicyclic) bond motifs is 4. The molecule has 0 aliphatic heterocycles. The van der Waals surface area contributed by atoms with E-state index in [9.17, 15) is 0 Å². The number of thiophene rings is 1. The SMILES string of the molecule is [2H]C([2H])([2H])c1cccc(C([2H])([2H])[2H])c1-c1ccc2c(n1)sc1c(-c3nc4ccccc4n3-c3ccccc3)cccc12. The van der Waals surface area contributed by atoms with E-state index in [-0.39, 0.29) is 16.7 Å². The number of para-hydroxylation sites is 3. The summed E-state index contributed by atoms with van der Waals surface area (Å²) in [5.74, 6) is 0.803. The lowest BCUT2D eigenvalue weighted by Gasteiger charge is -2.10. The molecule has 0 saturated carbocycles. The lowest BCUT2D eigenvalue weighted by Crippen LogP contribution is -1.97.